The Labute approximate surface area is 96.8 Å². The molecule has 0 saturated carbocycles. The number of rotatable bonds is 3. The van der Waals surface area contributed by atoms with Gasteiger partial charge in [0.2, 0.25) is 5.76 Å². The Morgan fingerprint density at radius 2 is 2.35 bits per heavy atom. The van der Waals surface area contributed by atoms with Crippen LogP contribution in [0.1, 0.15) is 22.7 Å². The maximum atomic E-state index is 11.8. The van der Waals surface area contributed by atoms with Gasteiger partial charge in [-0.15, -0.1) is 0 Å². The van der Waals surface area contributed by atoms with Crippen LogP contribution in [-0.4, -0.2) is 40.7 Å². The largest absolute Gasteiger partial charge is 0.479 e. The van der Waals surface area contributed by atoms with E-state index in [1.807, 2.05) is 0 Å². The third-order valence-corrected chi connectivity index (χ3v) is 2.74. The average molecular weight is 240 g/mol. The predicted octanol–water partition coefficient (Wildman–Crippen LogP) is -0.0435. The van der Waals surface area contributed by atoms with E-state index in [4.69, 9.17) is 14.3 Å². The molecular weight excluding hydrogens is 228 g/mol. The third kappa shape index (κ3) is 2.01. The van der Waals surface area contributed by atoms with Crippen LogP contribution in [0.15, 0.2) is 10.8 Å². The highest BCUT2D eigenvalue weighted by atomic mass is 16.5. The first-order valence-corrected chi connectivity index (χ1v) is 5.09. The van der Waals surface area contributed by atoms with Gasteiger partial charge in [0.15, 0.2) is 11.9 Å². The number of carbonyl (C=O) groups excluding carboxylic acids is 1. The number of hydrogen-bond donors (Lipinski definition) is 2. The van der Waals surface area contributed by atoms with Gasteiger partial charge in [0.25, 0.3) is 5.91 Å². The van der Waals surface area contributed by atoms with Crippen LogP contribution in [0.25, 0.3) is 0 Å². The fourth-order valence-electron chi connectivity index (χ4n) is 1.68. The number of aromatic nitrogens is 1. The van der Waals surface area contributed by atoms with Crippen molar-refractivity contribution in [2.45, 2.75) is 18.9 Å². The summed E-state index contributed by atoms with van der Waals surface area (Å²) in [6, 6.07) is 0. The molecule has 1 atom stereocenters. The van der Waals surface area contributed by atoms with E-state index in [-0.39, 0.29) is 18.8 Å². The van der Waals surface area contributed by atoms with E-state index in [0.29, 0.717) is 12.3 Å². The maximum absolute atomic E-state index is 11.8. The molecule has 0 aromatic carbocycles. The Bertz CT molecular complexity index is 447. The average Bonchev–Trinajstić information content (AvgIpc) is 2.87. The van der Waals surface area contributed by atoms with Gasteiger partial charge in [0.05, 0.1) is 12.3 Å². The Balaban J connectivity index is 2.17. The van der Waals surface area contributed by atoms with E-state index >= 15 is 0 Å². The van der Waals surface area contributed by atoms with Gasteiger partial charge < -0.3 is 19.6 Å². The normalized spacial score (nSPS) is 23.6. The topological polar surface area (TPSA) is 102 Å². The third-order valence-electron chi connectivity index (χ3n) is 2.74. The molecule has 92 valence electrons. The molecule has 2 N–H and O–H groups in total. The van der Waals surface area contributed by atoms with E-state index in [1.165, 1.54) is 0 Å². The van der Waals surface area contributed by atoms with Gasteiger partial charge in [-0.1, -0.05) is 0 Å². The van der Waals surface area contributed by atoms with Gasteiger partial charge in [-0.3, -0.25) is 4.79 Å². The summed E-state index contributed by atoms with van der Waals surface area (Å²) < 4.78 is 9.93. The summed E-state index contributed by atoms with van der Waals surface area (Å²) in [6.45, 7) is 1.88. The molecule has 0 radical (unpaired) electrons. The smallest absolute Gasteiger partial charge is 0.331 e. The summed E-state index contributed by atoms with van der Waals surface area (Å²) in [5.74, 6) is -1.68. The molecule has 7 heteroatoms. The molecule has 7 nitrogen and oxygen atoms in total. The minimum Gasteiger partial charge on any atom is -0.479 e. The molecule has 1 aliphatic heterocycles. The minimum atomic E-state index is -1.36. The molecule has 1 unspecified atom stereocenters. The number of aryl methyl sites for hydroxylation is 1. The summed E-state index contributed by atoms with van der Waals surface area (Å²) in [5.41, 5.74) is -0.946. The van der Waals surface area contributed by atoms with Gasteiger partial charge in [0, 0.05) is 13.0 Å². The maximum Gasteiger partial charge on any atom is 0.331 e. The lowest BCUT2D eigenvalue weighted by molar-refractivity contribution is -0.144. The number of carbonyl (C=O) groups is 2. The van der Waals surface area contributed by atoms with Crippen LogP contribution in [0.3, 0.4) is 0 Å². The summed E-state index contributed by atoms with van der Waals surface area (Å²) >= 11 is 0. The summed E-state index contributed by atoms with van der Waals surface area (Å²) in [4.78, 5) is 26.8. The van der Waals surface area contributed by atoms with Crippen molar-refractivity contribution < 1.29 is 23.8 Å². The van der Waals surface area contributed by atoms with Crippen molar-refractivity contribution in [3.63, 3.8) is 0 Å². The van der Waals surface area contributed by atoms with E-state index in [1.54, 1.807) is 6.92 Å². The molecule has 1 saturated heterocycles. The van der Waals surface area contributed by atoms with Crippen LogP contribution in [0.4, 0.5) is 0 Å². The first-order valence-electron chi connectivity index (χ1n) is 5.09. The van der Waals surface area contributed by atoms with E-state index in [0.717, 1.165) is 6.39 Å². The zero-order valence-electron chi connectivity index (χ0n) is 9.23. The number of ether oxygens (including phenoxy) is 1. The molecule has 2 heterocycles. The number of nitrogens with one attached hydrogen (secondary N) is 1. The Morgan fingerprint density at radius 3 is 2.82 bits per heavy atom. The van der Waals surface area contributed by atoms with E-state index in [2.05, 4.69) is 10.3 Å². The molecule has 0 spiro atoms. The Hall–Kier alpha value is -1.89. The Kier molecular flexibility index (Phi) is 2.84. The van der Waals surface area contributed by atoms with Crippen LogP contribution >= 0.6 is 0 Å². The number of carboxylic acid groups (broad SMARTS) is 1. The van der Waals surface area contributed by atoms with Gasteiger partial charge in [0.1, 0.15) is 0 Å². The van der Waals surface area contributed by atoms with Gasteiger partial charge in [-0.2, -0.15) is 0 Å². The molecule has 1 fully saturated rings. The zero-order valence-corrected chi connectivity index (χ0v) is 9.23. The molecule has 1 aliphatic rings. The number of amides is 1. The van der Waals surface area contributed by atoms with E-state index < -0.39 is 17.4 Å². The van der Waals surface area contributed by atoms with Crippen molar-refractivity contribution in [2.75, 3.05) is 13.2 Å². The first kappa shape index (κ1) is 11.6. The molecule has 1 aromatic heterocycles. The van der Waals surface area contributed by atoms with Crippen molar-refractivity contribution in [3.8, 4) is 0 Å². The minimum absolute atomic E-state index is 0.0255. The molecule has 0 bridgehead atoms. The van der Waals surface area contributed by atoms with Gasteiger partial charge in [-0.25, -0.2) is 9.78 Å². The molecule has 1 aromatic rings. The molecule has 1 amide bonds. The summed E-state index contributed by atoms with van der Waals surface area (Å²) in [7, 11) is 0. The van der Waals surface area contributed by atoms with Gasteiger partial charge in [-0.05, 0) is 6.92 Å². The lowest BCUT2D eigenvalue weighted by Gasteiger charge is -2.22. The van der Waals surface area contributed by atoms with Crippen LogP contribution in [-0.2, 0) is 9.53 Å². The number of hydrogen-bond acceptors (Lipinski definition) is 5. The highest BCUT2D eigenvalue weighted by Gasteiger charge is 2.44. The predicted molar refractivity (Wildman–Crippen MR) is 54.5 cm³/mol. The van der Waals surface area contributed by atoms with Crippen molar-refractivity contribution in [1.29, 1.82) is 0 Å². The second-order valence-corrected chi connectivity index (χ2v) is 3.91. The fraction of sp³-hybridized carbons (Fsp3) is 0.500. The highest BCUT2D eigenvalue weighted by Crippen LogP contribution is 2.20. The van der Waals surface area contributed by atoms with Crippen molar-refractivity contribution in [3.05, 3.63) is 17.8 Å². The lowest BCUT2D eigenvalue weighted by atomic mass is 9.99. The Morgan fingerprint density at radius 1 is 1.59 bits per heavy atom. The molecule has 0 aliphatic carbocycles. The molecule has 2 rings (SSSR count). The standard InChI is InChI=1S/C10H12N2O5/c1-6-7(17-5-11-6)8(13)12-10(9(14)15)2-3-16-4-10/h5H,2-4H2,1H3,(H,12,13)(H,14,15). The second kappa shape index (κ2) is 4.17. The summed E-state index contributed by atoms with van der Waals surface area (Å²) in [6.07, 6.45) is 1.38. The second-order valence-electron chi connectivity index (χ2n) is 3.91. The monoisotopic (exact) mass is 240 g/mol. The number of aliphatic carboxylic acids is 1. The first-order chi connectivity index (χ1) is 8.05. The highest BCUT2D eigenvalue weighted by molar-refractivity contribution is 5.96. The fourth-order valence-corrected chi connectivity index (χ4v) is 1.68. The molecule has 17 heavy (non-hydrogen) atoms. The van der Waals surface area contributed by atoms with Gasteiger partial charge >= 0.3 is 5.97 Å². The summed E-state index contributed by atoms with van der Waals surface area (Å²) in [5, 5.41) is 11.6. The number of carboxylic acids is 1. The molecular formula is C10H12N2O5. The van der Waals surface area contributed by atoms with Crippen LogP contribution in [0.5, 0.6) is 0 Å². The van der Waals surface area contributed by atoms with Crippen molar-refractivity contribution in [1.82, 2.24) is 10.3 Å². The number of nitrogens with zero attached hydrogens (tertiary/aromatic N) is 1. The van der Waals surface area contributed by atoms with Crippen molar-refractivity contribution >= 4 is 11.9 Å². The SMILES string of the molecule is Cc1ncoc1C(=O)NC1(C(=O)O)CCOC1. The van der Waals surface area contributed by atoms with Crippen LogP contribution < -0.4 is 5.32 Å². The zero-order chi connectivity index (χ0) is 12.5. The quantitative estimate of drug-likeness (QED) is 0.768. The number of oxazole rings is 1. The van der Waals surface area contributed by atoms with Crippen molar-refractivity contribution in [2.24, 2.45) is 0 Å². The lowest BCUT2D eigenvalue weighted by Crippen LogP contribution is -2.55. The van der Waals surface area contributed by atoms with E-state index in [9.17, 15) is 9.59 Å². The van der Waals surface area contributed by atoms with Crippen LogP contribution in [0.2, 0.25) is 0 Å². The van der Waals surface area contributed by atoms with Crippen LogP contribution in [0, 0.1) is 6.92 Å².